The van der Waals surface area contributed by atoms with Crippen LogP contribution in [-0.2, 0) is 16.2 Å². The summed E-state index contributed by atoms with van der Waals surface area (Å²) in [6.45, 7) is 16.9. The summed E-state index contributed by atoms with van der Waals surface area (Å²) in [5.41, 5.74) is 21.9. The van der Waals surface area contributed by atoms with Gasteiger partial charge < -0.3 is 18.6 Å². The molecule has 4 nitrogen and oxygen atoms in total. The summed E-state index contributed by atoms with van der Waals surface area (Å²) >= 11 is 2.00. The van der Waals surface area contributed by atoms with Crippen molar-refractivity contribution in [3.63, 3.8) is 0 Å². The van der Waals surface area contributed by atoms with Crippen LogP contribution in [0.3, 0.4) is 0 Å². The van der Waals surface area contributed by atoms with Gasteiger partial charge in [0.15, 0.2) is 0 Å². The maximum Gasteiger partial charge on any atom is 0.264 e. The summed E-state index contributed by atoms with van der Waals surface area (Å²) in [5.74, 6) is 0. The molecule has 1 aliphatic carbocycles. The van der Waals surface area contributed by atoms with Gasteiger partial charge in [0.2, 0.25) is 0 Å². The third-order valence-corrected chi connectivity index (χ3v) is 19.0. The van der Waals surface area contributed by atoms with Gasteiger partial charge in [-0.1, -0.05) is 164 Å². The van der Waals surface area contributed by atoms with E-state index in [1.165, 1.54) is 137 Å². The first kappa shape index (κ1) is 42.7. The summed E-state index contributed by atoms with van der Waals surface area (Å²) in [5, 5.41) is 8.93. The first-order valence-electron chi connectivity index (χ1n) is 26.6. The molecule has 0 spiro atoms. The third-order valence-electron chi connectivity index (χ3n) is 17.8. The van der Waals surface area contributed by atoms with Gasteiger partial charge in [-0.25, -0.2) is 0 Å². The average molecular weight is 971 g/mol. The molecule has 16 rings (SSSR count). The lowest BCUT2D eigenvalue weighted by Crippen LogP contribution is -2.59. The number of aromatic nitrogens is 3. The van der Waals surface area contributed by atoms with Crippen molar-refractivity contribution in [2.75, 3.05) is 4.90 Å². The molecule has 356 valence electrons. The van der Waals surface area contributed by atoms with Crippen molar-refractivity contribution in [3.8, 4) is 17.1 Å². The van der Waals surface area contributed by atoms with Crippen LogP contribution in [0.2, 0.25) is 0 Å². The molecule has 0 atom stereocenters. The van der Waals surface area contributed by atoms with Crippen LogP contribution in [0.4, 0.5) is 17.1 Å². The van der Waals surface area contributed by atoms with Crippen molar-refractivity contribution >= 4 is 126 Å². The van der Waals surface area contributed by atoms with E-state index < -0.39 is 0 Å². The van der Waals surface area contributed by atoms with Crippen LogP contribution in [0.5, 0.6) is 0 Å². The Morgan fingerprint density at radius 2 is 1.03 bits per heavy atom. The van der Waals surface area contributed by atoms with Gasteiger partial charge in [-0.15, -0.1) is 11.3 Å². The second-order valence-electron chi connectivity index (χ2n) is 23.9. The minimum atomic E-state index is -0.0242. The summed E-state index contributed by atoms with van der Waals surface area (Å²) in [6.07, 6.45) is 2.33. The van der Waals surface area contributed by atoms with E-state index in [4.69, 9.17) is 0 Å². The molecular weight excluding hydrogens is 916 g/mol. The monoisotopic (exact) mass is 970 g/mol. The molecule has 4 aromatic heterocycles. The van der Waals surface area contributed by atoms with Gasteiger partial charge in [0, 0.05) is 75.4 Å². The van der Waals surface area contributed by atoms with E-state index in [-0.39, 0.29) is 23.0 Å². The van der Waals surface area contributed by atoms with E-state index in [0.29, 0.717) is 0 Å². The molecule has 0 unspecified atom stereocenters. The van der Waals surface area contributed by atoms with Crippen molar-refractivity contribution in [1.29, 1.82) is 0 Å². The summed E-state index contributed by atoms with van der Waals surface area (Å²) < 4.78 is 10.5. The Balaban J connectivity index is 1.12. The molecule has 9 aromatic carbocycles. The molecule has 0 fully saturated rings. The first-order valence-corrected chi connectivity index (χ1v) is 27.4. The van der Waals surface area contributed by atoms with E-state index in [2.05, 4.69) is 249 Å². The molecule has 2 aliphatic heterocycles. The fraction of sp³-hybridized carbons (Fsp3) is 0.176. The Hall–Kier alpha value is -7.80. The predicted octanol–water partition coefficient (Wildman–Crippen LogP) is 16.5. The summed E-state index contributed by atoms with van der Waals surface area (Å²) in [7, 11) is 0. The number of fused-ring (bicyclic) bond motifs is 17. The van der Waals surface area contributed by atoms with E-state index in [1.807, 2.05) is 11.3 Å². The highest BCUT2D eigenvalue weighted by Crippen LogP contribution is 2.52. The number of para-hydroxylation sites is 5. The minimum Gasteiger partial charge on any atom is -0.310 e. The lowest BCUT2D eigenvalue weighted by molar-refractivity contribution is 0.332. The number of rotatable bonds is 3. The first-order chi connectivity index (χ1) is 35.9. The van der Waals surface area contributed by atoms with Gasteiger partial charge in [-0.3, -0.25) is 0 Å². The summed E-state index contributed by atoms with van der Waals surface area (Å²) in [4.78, 5) is 2.72. The quantitative estimate of drug-likeness (QED) is 0.161. The van der Waals surface area contributed by atoms with Gasteiger partial charge in [0.1, 0.15) is 0 Å². The topological polar surface area (TPSA) is 18.0 Å². The second-order valence-corrected chi connectivity index (χ2v) is 25.0. The fourth-order valence-corrected chi connectivity index (χ4v) is 15.4. The number of nitrogens with zero attached hydrogens (tertiary/aromatic N) is 4. The molecule has 0 N–H and O–H groups in total. The predicted molar refractivity (Wildman–Crippen MR) is 318 cm³/mol. The maximum atomic E-state index is 2.72. The number of anilines is 3. The Labute approximate surface area is 435 Å². The molecule has 0 saturated carbocycles. The Kier molecular flexibility index (Phi) is 8.36. The van der Waals surface area contributed by atoms with Crippen molar-refractivity contribution in [1.82, 2.24) is 13.7 Å². The third kappa shape index (κ3) is 5.54. The van der Waals surface area contributed by atoms with Gasteiger partial charge in [-0.2, -0.15) is 0 Å². The minimum absolute atomic E-state index is 0.00192. The SMILES string of the molecule is CC(C)(C)c1ccc2sc3c(c2c1)N(c1ccc2c(c1)C(C)(C)CCC2(C)C)c1cc(-n2c4ccccc4c4ccccc42)cc2c1B3c1cccc3c4ccc5c6ccccc6n(-c6ccccc6)c5c4n-2c13. The zero-order valence-corrected chi connectivity index (χ0v) is 43.8. The average Bonchev–Trinajstić information content (AvgIpc) is 4.19. The molecule has 0 saturated heterocycles. The Morgan fingerprint density at radius 3 is 1.73 bits per heavy atom. The fourth-order valence-electron chi connectivity index (χ4n) is 14.1. The maximum absolute atomic E-state index is 2.72. The van der Waals surface area contributed by atoms with E-state index >= 15 is 0 Å². The van der Waals surface area contributed by atoms with Crippen LogP contribution in [0.15, 0.2) is 182 Å². The molecular formula is C68H55BN4S. The summed E-state index contributed by atoms with van der Waals surface area (Å²) in [6, 6.07) is 70.0. The van der Waals surface area contributed by atoms with Crippen LogP contribution in [0, 0.1) is 0 Å². The standard InChI is InChI=1S/C68H55BN4S/c1-66(2,3)40-28-33-59-50(36-40)64-65(74-59)69-53-24-17-23-47-49-31-30-48-46-22-13-16-27-56(46)71(41-18-9-8-10-19-41)62(48)63(49)73(61(47)53)58-39-43(70-54-25-14-11-20-44(54)45-21-12-15-26-55(45)70)38-57(60(58)69)72(64)42-29-32-51-52(37-42)68(6,7)35-34-67(51,4)5/h8-33,36-39H,34-35H2,1-7H3. The van der Waals surface area contributed by atoms with Gasteiger partial charge >= 0.3 is 0 Å². The highest BCUT2D eigenvalue weighted by atomic mass is 32.1. The molecule has 74 heavy (non-hydrogen) atoms. The Morgan fingerprint density at radius 1 is 0.446 bits per heavy atom. The smallest absolute Gasteiger partial charge is 0.264 e. The van der Waals surface area contributed by atoms with Crippen LogP contribution >= 0.6 is 11.3 Å². The number of hydrogen-bond donors (Lipinski definition) is 0. The van der Waals surface area contributed by atoms with Gasteiger partial charge in [0.05, 0.1) is 39.0 Å². The molecule has 6 heterocycles. The highest BCUT2D eigenvalue weighted by Gasteiger charge is 2.46. The largest absolute Gasteiger partial charge is 0.310 e. The molecule has 0 radical (unpaired) electrons. The lowest BCUT2D eigenvalue weighted by atomic mass is 9.36. The molecule has 13 aromatic rings. The zero-order chi connectivity index (χ0) is 49.7. The zero-order valence-electron chi connectivity index (χ0n) is 43.0. The molecule has 0 amide bonds. The molecule has 3 aliphatic rings. The number of hydrogen-bond acceptors (Lipinski definition) is 2. The van der Waals surface area contributed by atoms with Crippen molar-refractivity contribution in [3.05, 3.63) is 199 Å². The Bertz CT molecular complexity index is 4550. The highest BCUT2D eigenvalue weighted by molar-refractivity contribution is 7.33. The van der Waals surface area contributed by atoms with E-state index in [0.717, 1.165) is 17.8 Å². The molecule has 0 bridgehead atoms. The normalized spacial score (nSPS) is 15.6. The van der Waals surface area contributed by atoms with Gasteiger partial charge in [0.25, 0.3) is 6.71 Å². The molecule has 6 heteroatoms. The second kappa shape index (κ2) is 14.5. The number of benzene rings is 9. The number of thiophene rings is 1. The van der Waals surface area contributed by atoms with Crippen LogP contribution in [-0.4, -0.2) is 20.4 Å². The van der Waals surface area contributed by atoms with Crippen molar-refractivity contribution < 1.29 is 0 Å². The van der Waals surface area contributed by atoms with Crippen LogP contribution in [0.1, 0.15) is 78.0 Å². The van der Waals surface area contributed by atoms with E-state index in [9.17, 15) is 0 Å². The van der Waals surface area contributed by atoms with Gasteiger partial charge in [-0.05, 0) is 123 Å². The van der Waals surface area contributed by atoms with Crippen molar-refractivity contribution in [2.45, 2.75) is 77.6 Å². The lowest BCUT2D eigenvalue weighted by Gasteiger charge is -2.43. The van der Waals surface area contributed by atoms with Crippen LogP contribution < -0.4 is 20.6 Å². The van der Waals surface area contributed by atoms with E-state index in [1.54, 1.807) is 0 Å². The van der Waals surface area contributed by atoms with Crippen molar-refractivity contribution in [2.24, 2.45) is 0 Å². The van der Waals surface area contributed by atoms with Crippen LogP contribution in [0.25, 0.3) is 92.6 Å².